The van der Waals surface area contributed by atoms with Crippen LogP contribution in [-0.4, -0.2) is 33.4 Å². The lowest BCUT2D eigenvalue weighted by Crippen LogP contribution is -2.35. The molecule has 6 nitrogen and oxygen atoms in total. The quantitative estimate of drug-likeness (QED) is 0.470. The van der Waals surface area contributed by atoms with E-state index in [2.05, 4.69) is 47.9 Å². The number of amides is 1. The third kappa shape index (κ3) is 3.55. The minimum Gasteiger partial charge on any atom is -0.356 e. The normalized spacial score (nSPS) is 15.8. The number of para-hydroxylation sites is 2. The highest BCUT2D eigenvalue weighted by atomic mass is 127. The number of piperidine rings is 1. The van der Waals surface area contributed by atoms with Crippen molar-refractivity contribution in [2.24, 2.45) is 5.92 Å². The van der Waals surface area contributed by atoms with E-state index in [4.69, 9.17) is 4.98 Å². The number of nitrogens with one attached hydrogen (secondary N) is 1. The van der Waals surface area contributed by atoms with Gasteiger partial charge in [0.15, 0.2) is 0 Å². The SMILES string of the molecule is O=C(CC1CCN(c2ccn3c(n2)nc2ccccc23)CC1)NSI. The predicted molar refractivity (Wildman–Crippen MR) is 110 cm³/mol. The fourth-order valence-electron chi connectivity index (χ4n) is 3.43. The average molecular weight is 467 g/mol. The largest absolute Gasteiger partial charge is 0.356 e. The summed E-state index contributed by atoms with van der Waals surface area (Å²) < 4.78 is 4.82. The molecule has 25 heavy (non-hydrogen) atoms. The second-order valence-corrected chi connectivity index (χ2v) is 7.97. The lowest BCUT2D eigenvalue weighted by atomic mass is 9.93. The molecule has 0 atom stereocenters. The lowest BCUT2D eigenvalue weighted by molar-refractivity contribution is -0.120. The molecule has 4 rings (SSSR count). The Hall–Kier alpha value is -1.55. The van der Waals surface area contributed by atoms with Gasteiger partial charge in [-0.25, -0.2) is 4.98 Å². The molecule has 0 spiro atoms. The van der Waals surface area contributed by atoms with Crippen molar-refractivity contribution >= 4 is 58.9 Å². The fourth-order valence-corrected chi connectivity index (χ4v) is 4.33. The van der Waals surface area contributed by atoms with Gasteiger partial charge in [0.1, 0.15) is 5.82 Å². The molecule has 8 heteroatoms. The summed E-state index contributed by atoms with van der Waals surface area (Å²) in [5.74, 6) is 2.28. The first-order valence-electron chi connectivity index (χ1n) is 8.30. The smallest absolute Gasteiger partial charge is 0.236 e. The molecular weight excluding hydrogens is 449 g/mol. The minimum atomic E-state index is 0.126. The van der Waals surface area contributed by atoms with Crippen LogP contribution >= 0.6 is 30.3 Å². The minimum absolute atomic E-state index is 0.126. The van der Waals surface area contributed by atoms with Gasteiger partial charge in [-0.15, -0.1) is 0 Å². The van der Waals surface area contributed by atoms with Crippen molar-refractivity contribution in [2.45, 2.75) is 19.3 Å². The Balaban J connectivity index is 1.48. The average Bonchev–Trinajstić information content (AvgIpc) is 3.00. The molecule has 1 saturated heterocycles. The number of aromatic nitrogens is 3. The van der Waals surface area contributed by atoms with Crippen molar-refractivity contribution in [3.05, 3.63) is 36.5 Å². The summed E-state index contributed by atoms with van der Waals surface area (Å²) >= 11 is 2.08. The molecule has 0 saturated carbocycles. The van der Waals surface area contributed by atoms with E-state index in [-0.39, 0.29) is 5.91 Å². The van der Waals surface area contributed by atoms with Crippen molar-refractivity contribution < 1.29 is 4.79 Å². The van der Waals surface area contributed by atoms with Crippen LogP contribution in [0.15, 0.2) is 36.5 Å². The molecule has 0 unspecified atom stereocenters. The molecule has 1 amide bonds. The number of anilines is 1. The summed E-state index contributed by atoms with van der Waals surface area (Å²) in [7, 11) is 1.34. The van der Waals surface area contributed by atoms with Gasteiger partial charge in [0.05, 0.1) is 11.0 Å². The number of benzene rings is 1. The van der Waals surface area contributed by atoms with Crippen LogP contribution < -0.4 is 9.62 Å². The summed E-state index contributed by atoms with van der Waals surface area (Å²) in [6.07, 6.45) is 4.69. The highest BCUT2D eigenvalue weighted by molar-refractivity contribution is 14.2. The molecule has 130 valence electrons. The molecule has 3 heterocycles. The van der Waals surface area contributed by atoms with Gasteiger partial charge in [0.25, 0.3) is 0 Å². The monoisotopic (exact) mass is 467 g/mol. The molecule has 1 aliphatic rings. The third-order valence-corrected chi connectivity index (χ3v) is 5.69. The van der Waals surface area contributed by atoms with E-state index in [9.17, 15) is 4.79 Å². The third-order valence-electron chi connectivity index (χ3n) is 4.73. The number of nitrogens with zero attached hydrogens (tertiary/aromatic N) is 4. The van der Waals surface area contributed by atoms with Gasteiger partial charge in [0, 0.05) is 56.0 Å². The first-order valence-corrected chi connectivity index (χ1v) is 11.7. The van der Waals surface area contributed by atoms with Crippen molar-refractivity contribution in [1.82, 2.24) is 19.1 Å². The summed E-state index contributed by atoms with van der Waals surface area (Å²) in [5.41, 5.74) is 2.04. The van der Waals surface area contributed by atoms with Gasteiger partial charge in [-0.05, 0) is 37.0 Å². The molecule has 1 aromatic carbocycles. The van der Waals surface area contributed by atoms with E-state index < -0.39 is 0 Å². The number of imidazole rings is 1. The number of carbonyl (C=O) groups is 1. The molecule has 1 N–H and O–H groups in total. The Morgan fingerprint density at radius 1 is 1.24 bits per heavy atom. The molecule has 0 radical (unpaired) electrons. The van der Waals surface area contributed by atoms with E-state index in [0.717, 1.165) is 48.6 Å². The highest BCUT2D eigenvalue weighted by Gasteiger charge is 2.22. The van der Waals surface area contributed by atoms with Gasteiger partial charge in [-0.1, -0.05) is 12.1 Å². The summed E-state index contributed by atoms with van der Waals surface area (Å²) in [5, 5.41) is 0. The van der Waals surface area contributed by atoms with Crippen LogP contribution in [0.3, 0.4) is 0 Å². The molecule has 1 fully saturated rings. The molecule has 3 aromatic rings. The fraction of sp³-hybridized carbons (Fsp3) is 0.353. The maximum absolute atomic E-state index is 11.7. The van der Waals surface area contributed by atoms with Crippen LogP contribution in [0, 0.1) is 5.92 Å². The predicted octanol–water partition coefficient (Wildman–Crippen LogP) is 3.60. The zero-order chi connectivity index (χ0) is 17.2. The summed E-state index contributed by atoms with van der Waals surface area (Å²) in [6.45, 7) is 1.86. The zero-order valence-corrected chi connectivity index (χ0v) is 16.5. The van der Waals surface area contributed by atoms with Gasteiger partial charge in [0.2, 0.25) is 11.7 Å². The topological polar surface area (TPSA) is 62.5 Å². The number of fused-ring (bicyclic) bond motifs is 3. The van der Waals surface area contributed by atoms with Gasteiger partial charge < -0.3 is 4.90 Å². The van der Waals surface area contributed by atoms with Crippen LogP contribution in [0.4, 0.5) is 5.82 Å². The first kappa shape index (κ1) is 16.9. The Morgan fingerprint density at radius 3 is 2.84 bits per heavy atom. The van der Waals surface area contributed by atoms with E-state index in [1.807, 2.05) is 28.8 Å². The second kappa shape index (κ2) is 7.36. The Bertz CT molecular complexity index is 906. The first-order chi connectivity index (χ1) is 12.2. The molecular formula is C17H18IN5OS. The van der Waals surface area contributed by atoms with Crippen molar-refractivity contribution in [3.8, 4) is 0 Å². The zero-order valence-electron chi connectivity index (χ0n) is 13.6. The highest BCUT2D eigenvalue weighted by Crippen LogP contribution is 2.25. The number of rotatable bonds is 4. The van der Waals surface area contributed by atoms with Crippen LogP contribution in [0.2, 0.25) is 0 Å². The van der Waals surface area contributed by atoms with E-state index >= 15 is 0 Å². The van der Waals surface area contributed by atoms with E-state index in [0.29, 0.717) is 12.3 Å². The Labute approximate surface area is 162 Å². The van der Waals surface area contributed by atoms with Crippen molar-refractivity contribution in [3.63, 3.8) is 0 Å². The van der Waals surface area contributed by atoms with Gasteiger partial charge in [-0.3, -0.25) is 13.9 Å². The number of hydrogen-bond donors (Lipinski definition) is 1. The standard InChI is InChI=1S/C17H18IN5OS/c18-25-21-16(24)11-12-5-8-22(9-6-12)15-7-10-23-14-4-2-1-3-13(14)19-17(23)20-15/h1-4,7,10,12H,5-6,8-9,11H2,(H,21,24). The number of hydrogen-bond acceptors (Lipinski definition) is 5. The second-order valence-electron chi connectivity index (χ2n) is 6.29. The lowest BCUT2D eigenvalue weighted by Gasteiger charge is -2.32. The molecule has 0 aliphatic carbocycles. The maximum Gasteiger partial charge on any atom is 0.236 e. The molecule has 2 aromatic heterocycles. The molecule has 1 aliphatic heterocycles. The van der Waals surface area contributed by atoms with Crippen LogP contribution in [0.1, 0.15) is 19.3 Å². The van der Waals surface area contributed by atoms with Crippen LogP contribution in [0.25, 0.3) is 16.8 Å². The van der Waals surface area contributed by atoms with E-state index in [1.54, 1.807) is 0 Å². The number of halogens is 1. The van der Waals surface area contributed by atoms with Crippen LogP contribution in [-0.2, 0) is 4.79 Å². The number of carbonyl (C=O) groups excluding carboxylic acids is 1. The van der Waals surface area contributed by atoms with Gasteiger partial charge >= 0.3 is 0 Å². The molecule has 0 bridgehead atoms. The Morgan fingerprint density at radius 2 is 2.04 bits per heavy atom. The van der Waals surface area contributed by atoms with E-state index in [1.165, 1.54) is 9.12 Å². The van der Waals surface area contributed by atoms with Crippen molar-refractivity contribution in [2.75, 3.05) is 18.0 Å². The van der Waals surface area contributed by atoms with Gasteiger partial charge in [-0.2, -0.15) is 4.98 Å². The maximum atomic E-state index is 11.7. The van der Waals surface area contributed by atoms with Crippen LogP contribution in [0.5, 0.6) is 0 Å². The van der Waals surface area contributed by atoms with Crippen molar-refractivity contribution in [1.29, 1.82) is 0 Å². The Kier molecular flexibility index (Phi) is 4.98. The summed E-state index contributed by atoms with van der Waals surface area (Å²) in [4.78, 5) is 23.4. The summed E-state index contributed by atoms with van der Waals surface area (Å²) in [6, 6.07) is 10.1.